The van der Waals surface area contributed by atoms with Crippen LogP contribution in [0.2, 0.25) is 0 Å². The van der Waals surface area contributed by atoms with E-state index < -0.39 is 6.10 Å². The first-order valence-corrected chi connectivity index (χ1v) is 7.77. The summed E-state index contributed by atoms with van der Waals surface area (Å²) in [7, 11) is 1.85. The van der Waals surface area contributed by atoms with E-state index in [4.69, 9.17) is 4.74 Å². The maximum Gasteiger partial charge on any atom is 0.265 e. The van der Waals surface area contributed by atoms with Crippen LogP contribution in [-0.2, 0) is 11.8 Å². The van der Waals surface area contributed by atoms with Crippen LogP contribution >= 0.6 is 0 Å². The standard InChI is InChI=1S/C18H20N4O2/c1-11-6-5-7-15(8-11)24-13(3)18(23)20-14-9-16-12(2)21-22(4)17(16)19-10-14/h5-10,13H,1-4H3,(H,20,23)/t13-/m0/s1. The van der Waals surface area contributed by atoms with Gasteiger partial charge in [0.1, 0.15) is 5.75 Å². The second kappa shape index (κ2) is 6.31. The minimum absolute atomic E-state index is 0.223. The Balaban J connectivity index is 1.73. The highest BCUT2D eigenvalue weighted by Crippen LogP contribution is 2.20. The number of pyridine rings is 1. The van der Waals surface area contributed by atoms with Crippen molar-refractivity contribution in [2.24, 2.45) is 7.05 Å². The zero-order valence-corrected chi connectivity index (χ0v) is 14.2. The van der Waals surface area contributed by atoms with Crippen molar-refractivity contribution in [2.45, 2.75) is 26.9 Å². The average molecular weight is 324 g/mol. The Labute approximate surface area is 140 Å². The van der Waals surface area contributed by atoms with Crippen LogP contribution in [0.5, 0.6) is 5.75 Å². The van der Waals surface area contributed by atoms with Gasteiger partial charge < -0.3 is 10.1 Å². The van der Waals surface area contributed by atoms with E-state index in [0.29, 0.717) is 11.4 Å². The molecule has 3 rings (SSSR count). The van der Waals surface area contributed by atoms with E-state index in [0.717, 1.165) is 22.3 Å². The zero-order chi connectivity index (χ0) is 17.3. The van der Waals surface area contributed by atoms with Gasteiger partial charge >= 0.3 is 0 Å². The van der Waals surface area contributed by atoms with Crippen LogP contribution in [0.25, 0.3) is 11.0 Å². The second-order valence-corrected chi connectivity index (χ2v) is 5.87. The molecule has 0 aliphatic carbocycles. The van der Waals surface area contributed by atoms with Gasteiger partial charge in [-0.1, -0.05) is 12.1 Å². The Morgan fingerprint density at radius 2 is 2.08 bits per heavy atom. The fourth-order valence-corrected chi connectivity index (χ4v) is 2.57. The number of benzene rings is 1. The molecule has 0 saturated carbocycles. The second-order valence-electron chi connectivity index (χ2n) is 5.87. The lowest BCUT2D eigenvalue weighted by molar-refractivity contribution is -0.122. The molecule has 6 heteroatoms. The molecule has 2 aromatic heterocycles. The molecular weight excluding hydrogens is 304 g/mol. The summed E-state index contributed by atoms with van der Waals surface area (Å²) in [6.45, 7) is 5.62. The number of carbonyl (C=O) groups excluding carboxylic acids is 1. The highest BCUT2D eigenvalue weighted by molar-refractivity contribution is 5.95. The Bertz CT molecular complexity index is 901. The smallest absolute Gasteiger partial charge is 0.265 e. The minimum Gasteiger partial charge on any atom is -0.481 e. The number of fused-ring (bicyclic) bond motifs is 1. The number of rotatable bonds is 4. The van der Waals surface area contributed by atoms with Gasteiger partial charge in [0.15, 0.2) is 11.8 Å². The van der Waals surface area contributed by atoms with Crippen molar-refractivity contribution >= 4 is 22.6 Å². The van der Waals surface area contributed by atoms with Crippen LogP contribution in [0.4, 0.5) is 5.69 Å². The number of amides is 1. The van der Waals surface area contributed by atoms with Crippen LogP contribution < -0.4 is 10.1 Å². The predicted molar refractivity (Wildman–Crippen MR) is 93.1 cm³/mol. The lowest BCUT2D eigenvalue weighted by Crippen LogP contribution is -2.30. The molecule has 0 radical (unpaired) electrons. The van der Waals surface area contributed by atoms with E-state index in [1.165, 1.54) is 0 Å². The first kappa shape index (κ1) is 16.0. The maximum absolute atomic E-state index is 12.3. The van der Waals surface area contributed by atoms with Crippen molar-refractivity contribution in [1.82, 2.24) is 14.8 Å². The van der Waals surface area contributed by atoms with Crippen molar-refractivity contribution in [3.63, 3.8) is 0 Å². The number of nitrogens with zero attached hydrogens (tertiary/aromatic N) is 3. The van der Waals surface area contributed by atoms with Gasteiger partial charge in [0, 0.05) is 12.4 Å². The summed E-state index contributed by atoms with van der Waals surface area (Å²) in [6, 6.07) is 9.49. The number of ether oxygens (including phenoxy) is 1. The molecule has 1 aromatic carbocycles. The van der Waals surface area contributed by atoms with E-state index in [1.807, 2.05) is 51.2 Å². The maximum atomic E-state index is 12.3. The van der Waals surface area contributed by atoms with Crippen LogP contribution in [0.1, 0.15) is 18.2 Å². The van der Waals surface area contributed by atoms with E-state index >= 15 is 0 Å². The average Bonchev–Trinajstić information content (AvgIpc) is 2.81. The van der Waals surface area contributed by atoms with Gasteiger partial charge in [-0.25, -0.2) is 4.98 Å². The van der Waals surface area contributed by atoms with Crippen molar-refractivity contribution in [2.75, 3.05) is 5.32 Å². The Kier molecular flexibility index (Phi) is 4.20. The topological polar surface area (TPSA) is 69.0 Å². The number of hydrogen-bond donors (Lipinski definition) is 1. The first-order chi connectivity index (χ1) is 11.4. The van der Waals surface area contributed by atoms with E-state index in [9.17, 15) is 4.79 Å². The molecule has 3 aromatic rings. The third kappa shape index (κ3) is 3.22. The van der Waals surface area contributed by atoms with Gasteiger partial charge in [0.2, 0.25) is 0 Å². The largest absolute Gasteiger partial charge is 0.481 e. The molecule has 6 nitrogen and oxygen atoms in total. The van der Waals surface area contributed by atoms with Crippen LogP contribution in [-0.4, -0.2) is 26.8 Å². The Morgan fingerprint density at radius 3 is 2.83 bits per heavy atom. The molecule has 0 fully saturated rings. The minimum atomic E-state index is -0.613. The van der Waals surface area contributed by atoms with E-state index in [1.54, 1.807) is 17.8 Å². The van der Waals surface area contributed by atoms with Crippen molar-refractivity contribution < 1.29 is 9.53 Å². The molecule has 1 atom stereocenters. The number of carbonyl (C=O) groups is 1. The molecule has 0 spiro atoms. The molecule has 24 heavy (non-hydrogen) atoms. The summed E-state index contributed by atoms with van der Waals surface area (Å²) in [6.07, 6.45) is 1.01. The van der Waals surface area contributed by atoms with Crippen LogP contribution in [0.3, 0.4) is 0 Å². The van der Waals surface area contributed by atoms with Gasteiger partial charge in [0.05, 0.1) is 17.6 Å². The summed E-state index contributed by atoms with van der Waals surface area (Å²) in [5.41, 5.74) is 3.37. The lowest BCUT2D eigenvalue weighted by atomic mass is 10.2. The van der Waals surface area contributed by atoms with Crippen molar-refractivity contribution in [1.29, 1.82) is 0 Å². The molecule has 2 heterocycles. The van der Waals surface area contributed by atoms with Gasteiger partial charge in [0.25, 0.3) is 5.91 Å². The number of anilines is 1. The molecule has 0 unspecified atom stereocenters. The number of aryl methyl sites for hydroxylation is 3. The van der Waals surface area contributed by atoms with Gasteiger partial charge in [-0.15, -0.1) is 0 Å². The van der Waals surface area contributed by atoms with Crippen LogP contribution in [0, 0.1) is 13.8 Å². The van der Waals surface area contributed by atoms with Gasteiger partial charge in [-0.05, 0) is 44.5 Å². The third-order valence-electron chi connectivity index (χ3n) is 3.80. The van der Waals surface area contributed by atoms with Crippen molar-refractivity contribution in [3.8, 4) is 5.75 Å². The monoisotopic (exact) mass is 324 g/mol. The quantitative estimate of drug-likeness (QED) is 0.801. The summed E-state index contributed by atoms with van der Waals surface area (Å²) in [4.78, 5) is 16.7. The fraction of sp³-hybridized carbons (Fsp3) is 0.278. The lowest BCUT2D eigenvalue weighted by Gasteiger charge is -2.15. The van der Waals surface area contributed by atoms with E-state index in [-0.39, 0.29) is 5.91 Å². The summed E-state index contributed by atoms with van der Waals surface area (Å²) >= 11 is 0. The summed E-state index contributed by atoms with van der Waals surface area (Å²) in [5.74, 6) is 0.452. The summed E-state index contributed by atoms with van der Waals surface area (Å²) in [5, 5.41) is 8.09. The molecular formula is C18H20N4O2. The SMILES string of the molecule is Cc1cccc(O[C@@H](C)C(=O)Nc2cnc3c(c2)c(C)nn3C)c1. The molecule has 0 aliphatic heterocycles. The van der Waals surface area contributed by atoms with E-state index in [2.05, 4.69) is 15.4 Å². The molecule has 1 amide bonds. The Morgan fingerprint density at radius 1 is 1.29 bits per heavy atom. The normalized spacial score (nSPS) is 12.2. The van der Waals surface area contributed by atoms with Crippen LogP contribution in [0.15, 0.2) is 36.5 Å². The first-order valence-electron chi connectivity index (χ1n) is 7.77. The molecule has 124 valence electrons. The highest BCUT2D eigenvalue weighted by Gasteiger charge is 2.16. The number of hydrogen-bond acceptors (Lipinski definition) is 4. The number of aromatic nitrogens is 3. The predicted octanol–water partition coefficient (Wildman–Crippen LogP) is 2.99. The molecule has 0 saturated heterocycles. The Hall–Kier alpha value is -2.89. The fourth-order valence-electron chi connectivity index (χ4n) is 2.57. The highest BCUT2D eigenvalue weighted by atomic mass is 16.5. The van der Waals surface area contributed by atoms with Gasteiger partial charge in [-0.3, -0.25) is 9.48 Å². The molecule has 0 aliphatic rings. The third-order valence-corrected chi connectivity index (χ3v) is 3.80. The zero-order valence-electron chi connectivity index (χ0n) is 14.2. The number of nitrogens with one attached hydrogen (secondary N) is 1. The van der Waals surface area contributed by atoms with Gasteiger partial charge in [-0.2, -0.15) is 5.10 Å². The summed E-state index contributed by atoms with van der Waals surface area (Å²) < 4.78 is 7.42. The van der Waals surface area contributed by atoms with Crippen molar-refractivity contribution in [3.05, 3.63) is 47.8 Å². The molecule has 0 bridgehead atoms. The molecule has 1 N–H and O–H groups in total.